The molecule has 19 heavy (non-hydrogen) atoms. The van der Waals surface area contributed by atoms with Crippen LogP contribution in [0.3, 0.4) is 0 Å². The maximum absolute atomic E-state index is 9.52. The molecule has 0 amide bonds. The van der Waals surface area contributed by atoms with E-state index in [0.29, 0.717) is 5.82 Å². The summed E-state index contributed by atoms with van der Waals surface area (Å²) in [6.45, 7) is 1.85. The van der Waals surface area contributed by atoms with Crippen LogP contribution >= 0.6 is 0 Å². The molecule has 93 valence electrons. The molecule has 1 aromatic heterocycles. The first-order valence-electron chi connectivity index (χ1n) is 5.92. The van der Waals surface area contributed by atoms with E-state index in [1.807, 2.05) is 31.2 Å². The second kappa shape index (κ2) is 4.57. The smallest absolute Gasteiger partial charge is 0.142 e. The van der Waals surface area contributed by atoms with Crippen LogP contribution in [0, 0.1) is 13.0 Å². The predicted molar refractivity (Wildman–Crippen MR) is 74.5 cm³/mol. The van der Waals surface area contributed by atoms with Crippen molar-refractivity contribution in [3.63, 3.8) is 0 Å². The Bertz CT molecular complexity index is 735. The zero-order valence-electron chi connectivity index (χ0n) is 10.4. The van der Waals surface area contributed by atoms with Gasteiger partial charge in [-0.1, -0.05) is 12.1 Å². The van der Waals surface area contributed by atoms with Crippen molar-refractivity contribution in [1.82, 2.24) is 9.97 Å². The molecule has 0 atom stereocenters. The third-order valence-corrected chi connectivity index (χ3v) is 2.91. The van der Waals surface area contributed by atoms with E-state index in [-0.39, 0.29) is 5.75 Å². The standard InChI is InChI=1S/C15H12N3O/c1-10-8-11(6-7-14(10)19)18-15-12-4-2-3-5-13(12)16-9-17-15/h2-3,5-9,19H,1H3,(H,16,17,18). The zero-order chi connectivity index (χ0) is 13.2. The Balaban J connectivity index is 2.03. The highest BCUT2D eigenvalue weighted by molar-refractivity contribution is 5.89. The topological polar surface area (TPSA) is 58.0 Å². The number of anilines is 2. The minimum Gasteiger partial charge on any atom is -0.508 e. The molecular weight excluding hydrogens is 238 g/mol. The van der Waals surface area contributed by atoms with E-state index in [2.05, 4.69) is 21.4 Å². The van der Waals surface area contributed by atoms with Crippen molar-refractivity contribution in [3.05, 3.63) is 54.4 Å². The van der Waals surface area contributed by atoms with Crippen molar-refractivity contribution in [1.29, 1.82) is 0 Å². The lowest BCUT2D eigenvalue weighted by molar-refractivity contribution is 0.471. The largest absolute Gasteiger partial charge is 0.508 e. The van der Waals surface area contributed by atoms with Crippen LogP contribution in [0.15, 0.2) is 42.7 Å². The van der Waals surface area contributed by atoms with E-state index in [1.165, 1.54) is 6.33 Å². The Morgan fingerprint density at radius 3 is 2.95 bits per heavy atom. The Kier molecular flexibility index (Phi) is 2.76. The first kappa shape index (κ1) is 11.5. The van der Waals surface area contributed by atoms with Gasteiger partial charge in [-0.05, 0) is 42.8 Å². The van der Waals surface area contributed by atoms with E-state index in [4.69, 9.17) is 0 Å². The number of aromatic hydroxyl groups is 1. The molecule has 2 N–H and O–H groups in total. The van der Waals surface area contributed by atoms with Gasteiger partial charge in [0.15, 0.2) is 0 Å². The fraction of sp³-hybridized carbons (Fsp3) is 0.0667. The summed E-state index contributed by atoms with van der Waals surface area (Å²) < 4.78 is 0. The SMILES string of the molecule is Cc1cc(Nc2ncnc3ccc[c]c23)ccc1O. The van der Waals surface area contributed by atoms with Gasteiger partial charge in [-0.15, -0.1) is 0 Å². The number of hydrogen-bond donors (Lipinski definition) is 2. The summed E-state index contributed by atoms with van der Waals surface area (Å²) in [6, 6.07) is 14.1. The summed E-state index contributed by atoms with van der Waals surface area (Å²) >= 11 is 0. The lowest BCUT2D eigenvalue weighted by Gasteiger charge is -2.09. The summed E-state index contributed by atoms with van der Waals surface area (Å²) in [7, 11) is 0. The third-order valence-electron chi connectivity index (χ3n) is 2.91. The number of hydrogen-bond acceptors (Lipinski definition) is 4. The van der Waals surface area contributed by atoms with Crippen molar-refractivity contribution in [3.8, 4) is 5.75 Å². The van der Waals surface area contributed by atoms with Crippen LogP contribution in [-0.4, -0.2) is 15.1 Å². The molecule has 0 saturated carbocycles. The monoisotopic (exact) mass is 250 g/mol. The second-order valence-electron chi connectivity index (χ2n) is 4.28. The molecule has 4 heteroatoms. The van der Waals surface area contributed by atoms with Crippen LogP contribution in [0.25, 0.3) is 10.9 Å². The molecule has 0 unspecified atom stereocenters. The van der Waals surface area contributed by atoms with E-state index in [9.17, 15) is 5.11 Å². The highest BCUT2D eigenvalue weighted by atomic mass is 16.3. The van der Waals surface area contributed by atoms with Crippen LogP contribution in [0.4, 0.5) is 11.5 Å². The van der Waals surface area contributed by atoms with Crippen molar-refractivity contribution < 1.29 is 5.11 Å². The van der Waals surface area contributed by atoms with Gasteiger partial charge in [-0.3, -0.25) is 0 Å². The highest BCUT2D eigenvalue weighted by Crippen LogP contribution is 2.25. The Labute approximate surface area is 110 Å². The van der Waals surface area contributed by atoms with Crippen LogP contribution in [-0.2, 0) is 0 Å². The number of phenolic OH excluding ortho intramolecular Hbond substituents is 1. The van der Waals surface area contributed by atoms with Gasteiger partial charge in [0.25, 0.3) is 0 Å². The Morgan fingerprint density at radius 1 is 1.21 bits per heavy atom. The number of nitrogens with one attached hydrogen (secondary N) is 1. The quantitative estimate of drug-likeness (QED) is 0.686. The molecule has 3 rings (SSSR count). The molecule has 0 aliphatic carbocycles. The second-order valence-corrected chi connectivity index (χ2v) is 4.28. The van der Waals surface area contributed by atoms with Gasteiger partial charge in [0.2, 0.25) is 0 Å². The summed E-state index contributed by atoms with van der Waals surface area (Å²) in [4.78, 5) is 8.43. The van der Waals surface area contributed by atoms with Crippen molar-refractivity contribution in [2.75, 3.05) is 5.32 Å². The summed E-state index contributed by atoms with van der Waals surface area (Å²) in [5.74, 6) is 0.986. The molecule has 3 aromatic rings. The molecule has 0 spiro atoms. The minimum atomic E-state index is 0.282. The number of aryl methyl sites for hydroxylation is 1. The molecule has 0 fully saturated rings. The van der Waals surface area contributed by atoms with Crippen LogP contribution in [0.5, 0.6) is 5.75 Å². The maximum atomic E-state index is 9.52. The van der Waals surface area contributed by atoms with E-state index >= 15 is 0 Å². The lowest BCUT2D eigenvalue weighted by atomic mass is 10.2. The van der Waals surface area contributed by atoms with Crippen molar-refractivity contribution >= 4 is 22.4 Å². The Morgan fingerprint density at radius 2 is 2.11 bits per heavy atom. The van der Waals surface area contributed by atoms with Gasteiger partial charge in [-0.2, -0.15) is 0 Å². The number of rotatable bonds is 2. The summed E-state index contributed by atoms with van der Waals surface area (Å²) in [5, 5.41) is 13.6. The fourth-order valence-corrected chi connectivity index (χ4v) is 1.90. The first-order chi connectivity index (χ1) is 9.24. The normalized spacial score (nSPS) is 10.6. The van der Waals surface area contributed by atoms with Crippen LogP contribution in [0.2, 0.25) is 0 Å². The summed E-state index contributed by atoms with van der Waals surface area (Å²) in [5.41, 5.74) is 2.52. The molecule has 0 aliphatic rings. The number of aromatic nitrogens is 2. The van der Waals surface area contributed by atoms with Crippen LogP contribution < -0.4 is 5.32 Å². The van der Waals surface area contributed by atoms with Crippen LogP contribution in [0.1, 0.15) is 5.56 Å². The average molecular weight is 250 g/mol. The van der Waals surface area contributed by atoms with E-state index in [1.54, 1.807) is 12.1 Å². The van der Waals surface area contributed by atoms with E-state index < -0.39 is 0 Å². The number of benzene rings is 2. The van der Waals surface area contributed by atoms with Gasteiger partial charge >= 0.3 is 0 Å². The molecule has 1 radical (unpaired) electrons. The molecule has 0 bridgehead atoms. The number of fused-ring (bicyclic) bond motifs is 1. The van der Waals surface area contributed by atoms with Crippen molar-refractivity contribution in [2.24, 2.45) is 0 Å². The number of phenols is 1. The fourth-order valence-electron chi connectivity index (χ4n) is 1.90. The summed E-state index contributed by atoms with van der Waals surface area (Å²) in [6.07, 6.45) is 1.52. The third kappa shape index (κ3) is 2.20. The average Bonchev–Trinajstić information content (AvgIpc) is 2.43. The van der Waals surface area contributed by atoms with Gasteiger partial charge in [0, 0.05) is 5.69 Å². The zero-order valence-corrected chi connectivity index (χ0v) is 10.4. The van der Waals surface area contributed by atoms with Gasteiger partial charge < -0.3 is 10.4 Å². The molecule has 4 nitrogen and oxygen atoms in total. The van der Waals surface area contributed by atoms with Gasteiger partial charge in [-0.25, -0.2) is 9.97 Å². The highest BCUT2D eigenvalue weighted by Gasteiger charge is 2.04. The van der Waals surface area contributed by atoms with Gasteiger partial charge in [0.05, 0.1) is 10.9 Å². The van der Waals surface area contributed by atoms with Crippen molar-refractivity contribution in [2.45, 2.75) is 6.92 Å². The minimum absolute atomic E-state index is 0.282. The van der Waals surface area contributed by atoms with E-state index in [0.717, 1.165) is 22.2 Å². The molecule has 0 aliphatic heterocycles. The molecule has 1 heterocycles. The lowest BCUT2D eigenvalue weighted by Crippen LogP contribution is -1.96. The van der Waals surface area contributed by atoms with Gasteiger partial charge in [0.1, 0.15) is 17.9 Å². The number of nitrogens with zero attached hydrogens (tertiary/aromatic N) is 2. The predicted octanol–water partition coefficient (Wildman–Crippen LogP) is 3.19. The molecular formula is C15H12N3O. The first-order valence-corrected chi connectivity index (χ1v) is 5.92. The molecule has 2 aromatic carbocycles. The Hall–Kier alpha value is -2.62. The maximum Gasteiger partial charge on any atom is 0.142 e. The molecule has 0 saturated heterocycles.